The van der Waals surface area contributed by atoms with Crippen molar-refractivity contribution in [2.75, 3.05) is 51.3 Å². The van der Waals surface area contributed by atoms with Crippen molar-refractivity contribution in [2.24, 2.45) is 0 Å². The molecule has 138 valence electrons. The molecule has 0 N–H and O–H groups in total. The van der Waals surface area contributed by atoms with E-state index in [2.05, 4.69) is 59.2 Å². The molecule has 0 spiro atoms. The van der Waals surface area contributed by atoms with Gasteiger partial charge in [0.1, 0.15) is 5.75 Å². The smallest absolute Gasteiger partial charge is 0.124 e. The Labute approximate surface area is 156 Å². The molecule has 0 saturated carbocycles. The molecule has 2 aliphatic rings. The number of nitrogens with zero attached hydrogens (tertiary/aromatic N) is 2. The first-order valence-electron chi connectivity index (χ1n) is 9.56. The SMILES string of the molecule is COc1cccc2c1C(CN1CCN(c3ccccc3C)CC1)OCC2. The lowest BCUT2D eigenvalue weighted by molar-refractivity contribution is 0.0133. The van der Waals surface area contributed by atoms with Crippen molar-refractivity contribution >= 4 is 5.69 Å². The molecule has 0 aromatic heterocycles. The van der Waals surface area contributed by atoms with E-state index >= 15 is 0 Å². The molecule has 0 aliphatic carbocycles. The predicted octanol–water partition coefficient (Wildman–Crippen LogP) is 3.44. The van der Waals surface area contributed by atoms with E-state index in [1.54, 1.807) is 7.11 Å². The third-order valence-corrected chi connectivity index (χ3v) is 5.64. The topological polar surface area (TPSA) is 24.9 Å². The number of aryl methyl sites for hydroxylation is 1. The molecule has 2 aromatic rings. The zero-order chi connectivity index (χ0) is 17.9. The minimum Gasteiger partial charge on any atom is -0.496 e. The molecule has 2 aliphatic heterocycles. The minimum atomic E-state index is 0.111. The lowest BCUT2D eigenvalue weighted by Gasteiger charge is -2.39. The van der Waals surface area contributed by atoms with E-state index < -0.39 is 0 Å². The van der Waals surface area contributed by atoms with Gasteiger partial charge >= 0.3 is 0 Å². The molecule has 4 nitrogen and oxygen atoms in total. The maximum Gasteiger partial charge on any atom is 0.124 e. The molecule has 2 heterocycles. The highest BCUT2D eigenvalue weighted by molar-refractivity contribution is 5.53. The maximum absolute atomic E-state index is 6.14. The number of para-hydroxylation sites is 1. The van der Waals surface area contributed by atoms with Crippen LogP contribution in [-0.4, -0.2) is 51.3 Å². The fourth-order valence-electron chi connectivity index (χ4n) is 4.21. The van der Waals surface area contributed by atoms with Gasteiger partial charge < -0.3 is 14.4 Å². The number of fused-ring (bicyclic) bond motifs is 1. The second-order valence-corrected chi connectivity index (χ2v) is 7.22. The molecule has 2 aromatic carbocycles. The third-order valence-electron chi connectivity index (χ3n) is 5.64. The summed E-state index contributed by atoms with van der Waals surface area (Å²) in [5, 5.41) is 0. The Morgan fingerprint density at radius 1 is 1.04 bits per heavy atom. The van der Waals surface area contributed by atoms with Crippen molar-refractivity contribution in [1.82, 2.24) is 4.90 Å². The summed E-state index contributed by atoms with van der Waals surface area (Å²) in [6, 6.07) is 15.0. The van der Waals surface area contributed by atoms with Gasteiger partial charge in [0.15, 0.2) is 0 Å². The number of hydrogen-bond donors (Lipinski definition) is 0. The van der Waals surface area contributed by atoms with E-state index in [0.29, 0.717) is 0 Å². The number of ether oxygens (including phenoxy) is 2. The number of methoxy groups -OCH3 is 1. The molecular formula is C22H28N2O2. The Morgan fingerprint density at radius 2 is 1.85 bits per heavy atom. The highest BCUT2D eigenvalue weighted by Crippen LogP contribution is 2.35. The van der Waals surface area contributed by atoms with Gasteiger partial charge in [-0.05, 0) is 36.6 Å². The Balaban J connectivity index is 1.42. The van der Waals surface area contributed by atoms with Crippen molar-refractivity contribution in [3.05, 3.63) is 59.2 Å². The Hall–Kier alpha value is -2.04. The van der Waals surface area contributed by atoms with Crippen molar-refractivity contribution in [3.63, 3.8) is 0 Å². The summed E-state index contributed by atoms with van der Waals surface area (Å²) in [4.78, 5) is 5.03. The second kappa shape index (κ2) is 7.68. The van der Waals surface area contributed by atoms with Gasteiger partial charge in [-0.3, -0.25) is 4.90 Å². The summed E-state index contributed by atoms with van der Waals surface area (Å²) in [6.07, 6.45) is 1.09. The van der Waals surface area contributed by atoms with E-state index in [1.807, 2.05) is 0 Å². The van der Waals surface area contributed by atoms with Crippen molar-refractivity contribution < 1.29 is 9.47 Å². The monoisotopic (exact) mass is 352 g/mol. The van der Waals surface area contributed by atoms with Crippen molar-refractivity contribution in [3.8, 4) is 5.75 Å². The van der Waals surface area contributed by atoms with Crippen LogP contribution in [0.25, 0.3) is 0 Å². The molecule has 4 rings (SSSR count). The van der Waals surface area contributed by atoms with Crippen LogP contribution in [-0.2, 0) is 11.2 Å². The Morgan fingerprint density at radius 3 is 2.62 bits per heavy atom. The van der Waals surface area contributed by atoms with Crippen molar-refractivity contribution in [2.45, 2.75) is 19.4 Å². The zero-order valence-electron chi connectivity index (χ0n) is 15.8. The van der Waals surface area contributed by atoms with Gasteiger partial charge in [-0.15, -0.1) is 0 Å². The first kappa shape index (κ1) is 17.4. The zero-order valence-corrected chi connectivity index (χ0v) is 15.8. The number of benzene rings is 2. The van der Waals surface area contributed by atoms with Gasteiger partial charge in [-0.2, -0.15) is 0 Å². The van der Waals surface area contributed by atoms with Crippen LogP contribution in [0.5, 0.6) is 5.75 Å². The summed E-state index contributed by atoms with van der Waals surface area (Å²) in [7, 11) is 1.75. The van der Waals surface area contributed by atoms with Gasteiger partial charge in [-0.1, -0.05) is 30.3 Å². The highest BCUT2D eigenvalue weighted by atomic mass is 16.5. The number of anilines is 1. The molecule has 1 unspecified atom stereocenters. The van der Waals surface area contributed by atoms with E-state index in [0.717, 1.165) is 51.5 Å². The molecule has 1 saturated heterocycles. The Bertz CT molecular complexity index is 739. The second-order valence-electron chi connectivity index (χ2n) is 7.22. The lowest BCUT2D eigenvalue weighted by atomic mass is 9.96. The fourth-order valence-corrected chi connectivity index (χ4v) is 4.21. The van der Waals surface area contributed by atoms with Crippen LogP contribution < -0.4 is 9.64 Å². The van der Waals surface area contributed by atoms with Crippen LogP contribution in [0.2, 0.25) is 0 Å². The first-order valence-corrected chi connectivity index (χ1v) is 9.56. The lowest BCUT2D eigenvalue weighted by Crippen LogP contribution is -2.48. The average Bonchev–Trinajstić information content (AvgIpc) is 2.69. The van der Waals surface area contributed by atoms with Crippen LogP contribution in [0.15, 0.2) is 42.5 Å². The van der Waals surface area contributed by atoms with Gasteiger partial charge in [0.05, 0.1) is 19.8 Å². The van der Waals surface area contributed by atoms with Crippen LogP contribution in [0.1, 0.15) is 22.8 Å². The number of hydrogen-bond acceptors (Lipinski definition) is 4. The van der Waals surface area contributed by atoms with E-state index in [1.165, 1.54) is 22.4 Å². The number of rotatable bonds is 4. The van der Waals surface area contributed by atoms with E-state index in [4.69, 9.17) is 9.47 Å². The molecule has 0 radical (unpaired) electrons. The summed E-state index contributed by atoms with van der Waals surface area (Å²) in [6.45, 7) is 8.20. The Kier molecular flexibility index (Phi) is 5.14. The van der Waals surface area contributed by atoms with E-state index in [9.17, 15) is 0 Å². The maximum atomic E-state index is 6.14. The summed E-state index contributed by atoms with van der Waals surface area (Å²) >= 11 is 0. The van der Waals surface area contributed by atoms with Gasteiger partial charge in [-0.25, -0.2) is 0 Å². The molecule has 4 heteroatoms. The largest absolute Gasteiger partial charge is 0.496 e. The fraction of sp³-hybridized carbons (Fsp3) is 0.455. The molecular weight excluding hydrogens is 324 g/mol. The quantitative estimate of drug-likeness (QED) is 0.842. The standard InChI is InChI=1S/C22H28N2O2/c1-17-6-3-4-8-19(17)24-13-11-23(12-14-24)16-21-22-18(10-15-26-21)7-5-9-20(22)25-2/h3-9,21H,10-16H2,1-2H3. The molecule has 1 atom stereocenters. The molecule has 1 fully saturated rings. The normalized spacial score (nSPS) is 20.7. The number of piperazine rings is 1. The first-order chi connectivity index (χ1) is 12.8. The van der Waals surface area contributed by atoms with Crippen molar-refractivity contribution in [1.29, 1.82) is 0 Å². The van der Waals surface area contributed by atoms with Gasteiger partial charge in [0.2, 0.25) is 0 Å². The van der Waals surface area contributed by atoms with Gasteiger partial charge in [0, 0.05) is 44.0 Å². The van der Waals surface area contributed by atoms with Crippen LogP contribution in [0.3, 0.4) is 0 Å². The predicted molar refractivity (Wildman–Crippen MR) is 105 cm³/mol. The van der Waals surface area contributed by atoms with Gasteiger partial charge in [0.25, 0.3) is 0 Å². The third kappa shape index (κ3) is 3.44. The van der Waals surface area contributed by atoms with Crippen LogP contribution >= 0.6 is 0 Å². The summed E-state index contributed by atoms with van der Waals surface area (Å²) < 4.78 is 11.8. The highest BCUT2D eigenvalue weighted by Gasteiger charge is 2.28. The van der Waals surface area contributed by atoms with E-state index in [-0.39, 0.29) is 6.10 Å². The summed E-state index contributed by atoms with van der Waals surface area (Å²) in [5.74, 6) is 0.964. The molecule has 0 amide bonds. The summed E-state index contributed by atoms with van der Waals surface area (Å²) in [5.41, 5.74) is 5.35. The van der Waals surface area contributed by atoms with Crippen LogP contribution in [0, 0.1) is 6.92 Å². The average molecular weight is 352 g/mol. The minimum absolute atomic E-state index is 0.111. The molecule has 0 bridgehead atoms. The molecule has 26 heavy (non-hydrogen) atoms. The van der Waals surface area contributed by atoms with Crippen LogP contribution in [0.4, 0.5) is 5.69 Å².